The van der Waals surface area contributed by atoms with Gasteiger partial charge in [-0.2, -0.15) is 0 Å². The van der Waals surface area contributed by atoms with E-state index in [0.29, 0.717) is 12.0 Å². The Bertz CT molecular complexity index is 328. The second kappa shape index (κ2) is 4.60. The van der Waals surface area contributed by atoms with E-state index >= 15 is 0 Å². The number of aromatic nitrogens is 1. The Morgan fingerprint density at radius 2 is 2.36 bits per heavy atom. The van der Waals surface area contributed by atoms with Crippen LogP contribution in [0.5, 0.6) is 0 Å². The van der Waals surface area contributed by atoms with E-state index in [9.17, 15) is 9.59 Å². The van der Waals surface area contributed by atoms with E-state index in [0.717, 1.165) is 0 Å². The molecule has 0 fully saturated rings. The molecule has 0 atom stereocenters. The highest BCUT2D eigenvalue weighted by molar-refractivity contribution is 5.75. The van der Waals surface area contributed by atoms with Crippen molar-refractivity contribution in [3.63, 3.8) is 0 Å². The molecule has 0 radical (unpaired) electrons. The quantitative estimate of drug-likeness (QED) is 0.536. The summed E-state index contributed by atoms with van der Waals surface area (Å²) in [6.07, 6.45) is 2.26. The maximum atomic E-state index is 11.2. The van der Waals surface area contributed by atoms with Gasteiger partial charge in [-0.25, -0.2) is 0 Å². The maximum Gasteiger partial charge on any atom is 0.326 e. The van der Waals surface area contributed by atoms with Gasteiger partial charge in [0.15, 0.2) is 6.29 Å². The molecule has 0 saturated heterocycles. The van der Waals surface area contributed by atoms with Crippen molar-refractivity contribution < 1.29 is 14.3 Å². The second-order valence-corrected chi connectivity index (χ2v) is 3.22. The topological polar surface area (TPSA) is 48.3 Å². The highest BCUT2D eigenvalue weighted by Gasteiger charge is 2.08. The van der Waals surface area contributed by atoms with Crippen LogP contribution in [0.1, 0.15) is 24.3 Å². The second-order valence-electron chi connectivity index (χ2n) is 3.22. The minimum Gasteiger partial charge on any atom is -0.462 e. The fourth-order valence-electron chi connectivity index (χ4n) is 1.12. The molecule has 4 nitrogen and oxygen atoms in total. The molecule has 0 N–H and O–H groups in total. The summed E-state index contributed by atoms with van der Waals surface area (Å²) in [5.74, 6) is -0.334. The van der Waals surface area contributed by atoms with Crippen molar-refractivity contribution in [1.82, 2.24) is 4.57 Å². The Balaban J connectivity index is 2.60. The van der Waals surface area contributed by atoms with Crippen molar-refractivity contribution in [2.45, 2.75) is 26.5 Å². The first-order valence-electron chi connectivity index (χ1n) is 4.43. The van der Waals surface area contributed by atoms with Gasteiger partial charge in [0.1, 0.15) is 6.54 Å². The predicted molar refractivity (Wildman–Crippen MR) is 51.0 cm³/mol. The lowest BCUT2D eigenvalue weighted by Crippen LogP contribution is -2.18. The Morgan fingerprint density at radius 3 is 2.93 bits per heavy atom. The monoisotopic (exact) mass is 195 g/mol. The molecule has 1 heterocycles. The van der Waals surface area contributed by atoms with E-state index in [4.69, 9.17) is 4.74 Å². The van der Waals surface area contributed by atoms with Crippen molar-refractivity contribution in [2.75, 3.05) is 0 Å². The van der Waals surface area contributed by atoms with Crippen LogP contribution in [-0.2, 0) is 16.1 Å². The third-order valence-electron chi connectivity index (χ3n) is 1.65. The number of aldehydes is 1. The SMILES string of the molecule is CC(C)OC(=O)Cn1cccc1C=O. The predicted octanol–water partition coefficient (Wildman–Crippen LogP) is 1.25. The van der Waals surface area contributed by atoms with Gasteiger partial charge in [-0.15, -0.1) is 0 Å². The molecule has 76 valence electrons. The summed E-state index contributed by atoms with van der Waals surface area (Å²) in [7, 11) is 0. The lowest BCUT2D eigenvalue weighted by Gasteiger charge is -2.09. The number of nitrogens with zero attached hydrogens (tertiary/aromatic N) is 1. The number of rotatable bonds is 4. The van der Waals surface area contributed by atoms with Gasteiger partial charge in [-0.3, -0.25) is 9.59 Å². The summed E-state index contributed by atoms with van der Waals surface area (Å²) in [6, 6.07) is 3.36. The van der Waals surface area contributed by atoms with Crippen LogP contribution in [-0.4, -0.2) is 22.9 Å². The van der Waals surface area contributed by atoms with E-state index in [1.807, 2.05) is 0 Å². The number of hydrogen-bond acceptors (Lipinski definition) is 3. The summed E-state index contributed by atoms with van der Waals surface area (Å²) < 4.78 is 6.50. The number of carbonyl (C=O) groups excluding carboxylic acids is 2. The molecule has 0 aliphatic heterocycles. The van der Waals surface area contributed by atoms with Crippen molar-refractivity contribution in [3.05, 3.63) is 24.0 Å². The maximum absolute atomic E-state index is 11.2. The zero-order valence-electron chi connectivity index (χ0n) is 8.27. The summed E-state index contributed by atoms with van der Waals surface area (Å²) >= 11 is 0. The number of ether oxygens (including phenoxy) is 1. The normalized spacial score (nSPS) is 10.2. The summed E-state index contributed by atoms with van der Waals surface area (Å²) in [5.41, 5.74) is 0.478. The van der Waals surface area contributed by atoms with E-state index < -0.39 is 0 Å². The van der Waals surface area contributed by atoms with Gasteiger partial charge in [-0.1, -0.05) is 0 Å². The largest absolute Gasteiger partial charge is 0.462 e. The smallest absolute Gasteiger partial charge is 0.326 e. The van der Waals surface area contributed by atoms with Gasteiger partial charge in [0.25, 0.3) is 0 Å². The lowest BCUT2D eigenvalue weighted by atomic mass is 10.4. The average molecular weight is 195 g/mol. The number of esters is 1. The molecular formula is C10H13NO3. The Morgan fingerprint density at radius 1 is 1.64 bits per heavy atom. The van der Waals surface area contributed by atoms with E-state index in [-0.39, 0.29) is 18.6 Å². The van der Waals surface area contributed by atoms with Crippen LogP contribution < -0.4 is 0 Å². The summed E-state index contributed by atoms with van der Waals surface area (Å²) in [4.78, 5) is 21.7. The minimum absolute atomic E-state index is 0.0826. The molecule has 0 unspecified atom stereocenters. The van der Waals surface area contributed by atoms with Gasteiger partial charge in [-0.05, 0) is 26.0 Å². The van der Waals surface area contributed by atoms with Gasteiger partial charge < -0.3 is 9.30 Å². The molecule has 0 spiro atoms. The zero-order chi connectivity index (χ0) is 10.6. The van der Waals surface area contributed by atoms with Crippen LogP contribution in [0.25, 0.3) is 0 Å². The average Bonchev–Trinajstić information content (AvgIpc) is 2.50. The van der Waals surface area contributed by atoms with Gasteiger partial charge in [0.2, 0.25) is 0 Å². The summed E-state index contributed by atoms with van der Waals surface area (Å²) in [6.45, 7) is 3.65. The van der Waals surface area contributed by atoms with Crippen molar-refractivity contribution >= 4 is 12.3 Å². The highest BCUT2D eigenvalue weighted by atomic mass is 16.5. The van der Waals surface area contributed by atoms with Crippen LogP contribution >= 0.6 is 0 Å². The zero-order valence-corrected chi connectivity index (χ0v) is 8.27. The van der Waals surface area contributed by atoms with Gasteiger partial charge >= 0.3 is 5.97 Å². The third kappa shape index (κ3) is 2.73. The molecule has 1 aromatic heterocycles. The molecule has 0 aliphatic rings. The van der Waals surface area contributed by atoms with Crippen LogP contribution in [0, 0.1) is 0 Å². The number of carbonyl (C=O) groups is 2. The van der Waals surface area contributed by atoms with E-state index in [1.165, 1.54) is 0 Å². The molecular weight excluding hydrogens is 182 g/mol. The van der Waals surface area contributed by atoms with Gasteiger partial charge in [0, 0.05) is 6.20 Å². The van der Waals surface area contributed by atoms with Gasteiger partial charge in [0.05, 0.1) is 11.8 Å². The van der Waals surface area contributed by atoms with Crippen LogP contribution in [0.15, 0.2) is 18.3 Å². The van der Waals surface area contributed by atoms with Crippen LogP contribution in [0.4, 0.5) is 0 Å². The lowest BCUT2D eigenvalue weighted by molar-refractivity contribution is -0.148. The fraction of sp³-hybridized carbons (Fsp3) is 0.400. The first kappa shape index (κ1) is 10.5. The molecule has 0 saturated carbocycles. The van der Waals surface area contributed by atoms with Crippen molar-refractivity contribution in [1.29, 1.82) is 0 Å². The molecule has 0 aliphatic carbocycles. The summed E-state index contributed by atoms with van der Waals surface area (Å²) in [5, 5.41) is 0. The standard InChI is InChI=1S/C10H13NO3/c1-8(2)14-10(13)6-11-5-3-4-9(11)7-12/h3-5,7-8H,6H2,1-2H3. The molecule has 0 bridgehead atoms. The highest BCUT2D eigenvalue weighted by Crippen LogP contribution is 2.00. The van der Waals surface area contributed by atoms with E-state index in [2.05, 4.69) is 0 Å². The van der Waals surface area contributed by atoms with Crippen molar-refractivity contribution in [3.8, 4) is 0 Å². The molecule has 14 heavy (non-hydrogen) atoms. The number of hydrogen-bond donors (Lipinski definition) is 0. The Kier molecular flexibility index (Phi) is 3.45. The molecule has 4 heteroatoms. The van der Waals surface area contributed by atoms with E-state index in [1.54, 1.807) is 36.7 Å². The molecule has 1 rings (SSSR count). The van der Waals surface area contributed by atoms with Crippen LogP contribution in [0.2, 0.25) is 0 Å². The Hall–Kier alpha value is -1.58. The first-order valence-corrected chi connectivity index (χ1v) is 4.43. The third-order valence-corrected chi connectivity index (χ3v) is 1.65. The molecule has 1 aromatic rings. The molecule has 0 amide bonds. The van der Waals surface area contributed by atoms with Crippen LogP contribution in [0.3, 0.4) is 0 Å². The first-order chi connectivity index (χ1) is 6.63. The minimum atomic E-state index is -0.334. The van der Waals surface area contributed by atoms with Crippen molar-refractivity contribution in [2.24, 2.45) is 0 Å². The fourth-order valence-corrected chi connectivity index (χ4v) is 1.12. The molecule has 0 aromatic carbocycles. The Labute approximate surface area is 82.5 Å².